The van der Waals surface area contributed by atoms with Gasteiger partial charge in [0.05, 0.1) is 26.9 Å². The van der Waals surface area contributed by atoms with Gasteiger partial charge in [-0.25, -0.2) is 0 Å². The zero-order chi connectivity index (χ0) is 17.7. The number of rotatable bonds is 3. The van der Waals surface area contributed by atoms with Gasteiger partial charge in [0.2, 0.25) is 0 Å². The first-order valence-corrected chi connectivity index (χ1v) is 9.26. The molecule has 3 aliphatic rings. The molecule has 2 aliphatic heterocycles. The van der Waals surface area contributed by atoms with Crippen LogP contribution in [0.1, 0.15) is 38.2 Å². The van der Waals surface area contributed by atoms with Crippen molar-refractivity contribution in [2.45, 2.75) is 56.0 Å². The van der Waals surface area contributed by atoms with E-state index in [0.717, 1.165) is 43.7 Å². The molecule has 0 radical (unpaired) electrons. The Hall–Kier alpha value is -1.30. The fourth-order valence-corrected chi connectivity index (χ4v) is 5.14. The number of likely N-dealkylation sites (N-methyl/N-ethyl adjacent to an activating group) is 1. The van der Waals surface area contributed by atoms with Gasteiger partial charge in [0.15, 0.2) is 17.3 Å². The zero-order valence-electron chi connectivity index (χ0n) is 15.7. The lowest BCUT2D eigenvalue weighted by molar-refractivity contribution is -0.202. The minimum absolute atomic E-state index is 0.137. The lowest BCUT2D eigenvalue weighted by Crippen LogP contribution is -2.53. The lowest BCUT2D eigenvalue weighted by atomic mass is 9.64. The molecule has 1 aromatic carbocycles. The van der Waals surface area contributed by atoms with Gasteiger partial charge in [-0.05, 0) is 51.1 Å². The first kappa shape index (κ1) is 17.1. The highest BCUT2D eigenvalue weighted by atomic mass is 16.7. The first-order chi connectivity index (χ1) is 12.0. The highest BCUT2D eigenvalue weighted by molar-refractivity contribution is 5.46. The molecule has 1 unspecified atom stereocenters. The molecule has 2 heterocycles. The van der Waals surface area contributed by atoms with Crippen molar-refractivity contribution in [2.24, 2.45) is 0 Å². The summed E-state index contributed by atoms with van der Waals surface area (Å²) >= 11 is 0. The molecule has 0 bridgehead atoms. The van der Waals surface area contributed by atoms with E-state index in [-0.39, 0.29) is 17.3 Å². The van der Waals surface area contributed by atoms with Crippen LogP contribution in [0.25, 0.3) is 0 Å². The number of likely N-dealkylation sites (tertiary alicyclic amines) is 1. The summed E-state index contributed by atoms with van der Waals surface area (Å²) in [5, 5.41) is 0. The van der Waals surface area contributed by atoms with E-state index in [4.69, 9.17) is 18.9 Å². The van der Waals surface area contributed by atoms with E-state index in [0.29, 0.717) is 12.6 Å². The van der Waals surface area contributed by atoms with Gasteiger partial charge < -0.3 is 23.8 Å². The van der Waals surface area contributed by atoms with Crippen LogP contribution in [0.2, 0.25) is 0 Å². The number of methoxy groups -OCH3 is 2. The Labute approximate surface area is 150 Å². The maximum atomic E-state index is 6.21. The monoisotopic (exact) mass is 347 g/mol. The molecule has 0 aromatic heterocycles. The van der Waals surface area contributed by atoms with Crippen molar-refractivity contribution in [3.05, 3.63) is 23.8 Å². The van der Waals surface area contributed by atoms with Gasteiger partial charge >= 0.3 is 0 Å². The van der Waals surface area contributed by atoms with E-state index < -0.39 is 0 Å². The fraction of sp³-hybridized carbons (Fsp3) is 0.700. The molecule has 2 saturated heterocycles. The standard InChI is InChI=1S/C20H29NO4/c1-14-13-24-20(25-14)8-7-19(9-10-21(2)18(19)12-20)15-5-6-16(22-3)17(11-15)23-4/h5-6,11,14,18H,7-10,12-13H2,1-4H3/t14-,18-,19-,20?/m0/s1. The number of ether oxygens (including phenoxy) is 4. The van der Waals surface area contributed by atoms with E-state index in [1.807, 2.05) is 6.07 Å². The van der Waals surface area contributed by atoms with Gasteiger partial charge in [-0.1, -0.05) is 6.07 Å². The van der Waals surface area contributed by atoms with Gasteiger partial charge in [0.25, 0.3) is 0 Å². The number of fused-ring (bicyclic) bond motifs is 1. The molecule has 4 rings (SSSR count). The molecule has 5 nitrogen and oxygen atoms in total. The van der Waals surface area contributed by atoms with Crippen molar-refractivity contribution in [3.63, 3.8) is 0 Å². The second-order valence-corrected chi connectivity index (χ2v) is 7.83. The first-order valence-electron chi connectivity index (χ1n) is 9.26. The molecule has 5 heteroatoms. The molecule has 25 heavy (non-hydrogen) atoms. The fourth-order valence-electron chi connectivity index (χ4n) is 5.14. The second-order valence-electron chi connectivity index (χ2n) is 7.83. The summed E-state index contributed by atoms with van der Waals surface area (Å²) in [4.78, 5) is 2.48. The highest BCUT2D eigenvalue weighted by Gasteiger charge is 2.57. The van der Waals surface area contributed by atoms with Gasteiger partial charge in [-0.15, -0.1) is 0 Å². The molecule has 1 aromatic rings. The van der Waals surface area contributed by atoms with Gasteiger partial charge in [-0.3, -0.25) is 0 Å². The van der Waals surface area contributed by atoms with Crippen LogP contribution in [0.15, 0.2) is 18.2 Å². The Kier molecular flexibility index (Phi) is 4.21. The minimum Gasteiger partial charge on any atom is -0.493 e. The summed E-state index contributed by atoms with van der Waals surface area (Å²) in [6.07, 6.45) is 4.32. The third-order valence-electron chi connectivity index (χ3n) is 6.49. The average Bonchev–Trinajstić information content (AvgIpc) is 3.16. The molecule has 1 spiro atoms. The van der Waals surface area contributed by atoms with E-state index in [1.54, 1.807) is 14.2 Å². The Balaban J connectivity index is 1.68. The van der Waals surface area contributed by atoms with Crippen LogP contribution in [-0.2, 0) is 14.9 Å². The lowest BCUT2D eigenvalue weighted by Gasteiger charge is -2.48. The van der Waals surface area contributed by atoms with Gasteiger partial charge in [-0.2, -0.15) is 0 Å². The third kappa shape index (κ3) is 2.64. The van der Waals surface area contributed by atoms with Gasteiger partial charge in [0.1, 0.15) is 0 Å². The maximum absolute atomic E-state index is 6.21. The second kappa shape index (κ2) is 6.15. The third-order valence-corrected chi connectivity index (χ3v) is 6.49. The van der Waals surface area contributed by atoms with Crippen LogP contribution >= 0.6 is 0 Å². The van der Waals surface area contributed by atoms with E-state index >= 15 is 0 Å². The molecule has 0 N–H and O–H groups in total. The zero-order valence-corrected chi connectivity index (χ0v) is 15.7. The SMILES string of the molecule is COc1ccc([C@]23CCN(C)[C@H]2CC2(CC3)OC[C@H](C)O2)cc1OC. The van der Waals surface area contributed by atoms with E-state index in [9.17, 15) is 0 Å². The molecule has 0 amide bonds. The van der Waals surface area contributed by atoms with Crippen molar-refractivity contribution >= 4 is 0 Å². The topological polar surface area (TPSA) is 40.2 Å². The summed E-state index contributed by atoms with van der Waals surface area (Å²) in [7, 11) is 5.61. The number of nitrogens with zero attached hydrogens (tertiary/aromatic N) is 1. The van der Waals surface area contributed by atoms with Crippen LogP contribution in [0.4, 0.5) is 0 Å². The Bertz CT molecular complexity index is 651. The molecule has 1 aliphatic carbocycles. The van der Waals surface area contributed by atoms with Crippen molar-refractivity contribution in [1.29, 1.82) is 0 Å². The molecule has 3 fully saturated rings. The summed E-state index contributed by atoms with van der Waals surface area (Å²) < 4.78 is 23.3. The van der Waals surface area contributed by atoms with Crippen LogP contribution < -0.4 is 9.47 Å². The van der Waals surface area contributed by atoms with Crippen LogP contribution in [0.3, 0.4) is 0 Å². The molecule has 138 valence electrons. The number of benzene rings is 1. The van der Waals surface area contributed by atoms with Crippen LogP contribution in [0, 0.1) is 0 Å². The minimum atomic E-state index is -0.386. The van der Waals surface area contributed by atoms with Crippen LogP contribution in [0.5, 0.6) is 11.5 Å². The predicted octanol–water partition coefficient (Wildman–Crippen LogP) is 2.96. The highest BCUT2D eigenvalue weighted by Crippen LogP contribution is 2.54. The Morgan fingerprint density at radius 1 is 1.12 bits per heavy atom. The van der Waals surface area contributed by atoms with Gasteiger partial charge in [0, 0.05) is 24.3 Å². The molecule has 4 atom stereocenters. The largest absolute Gasteiger partial charge is 0.493 e. The summed E-state index contributed by atoms with van der Waals surface area (Å²) in [5.41, 5.74) is 1.48. The normalized spacial score (nSPS) is 38.1. The predicted molar refractivity (Wildman–Crippen MR) is 95.3 cm³/mol. The van der Waals surface area contributed by atoms with E-state index in [1.165, 1.54) is 5.56 Å². The Morgan fingerprint density at radius 2 is 1.92 bits per heavy atom. The molecular weight excluding hydrogens is 318 g/mol. The molecular formula is C20H29NO4. The summed E-state index contributed by atoms with van der Waals surface area (Å²) in [6.45, 7) is 3.91. The van der Waals surface area contributed by atoms with Crippen molar-refractivity contribution in [2.75, 3.05) is 34.4 Å². The van der Waals surface area contributed by atoms with E-state index in [2.05, 4.69) is 31.0 Å². The van der Waals surface area contributed by atoms with Crippen molar-refractivity contribution < 1.29 is 18.9 Å². The molecule has 1 saturated carbocycles. The van der Waals surface area contributed by atoms with Crippen molar-refractivity contribution in [1.82, 2.24) is 4.90 Å². The van der Waals surface area contributed by atoms with Crippen molar-refractivity contribution in [3.8, 4) is 11.5 Å². The Morgan fingerprint density at radius 3 is 2.60 bits per heavy atom. The van der Waals surface area contributed by atoms with Crippen LogP contribution in [-0.4, -0.2) is 57.3 Å². The quantitative estimate of drug-likeness (QED) is 0.841. The summed E-state index contributed by atoms with van der Waals surface area (Å²) in [5.74, 6) is 1.21. The summed E-state index contributed by atoms with van der Waals surface area (Å²) in [6, 6.07) is 6.84. The number of hydrogen-bond acceptors (Lipinski definition) is 5. The maximum Gasteiger partial charge on any atom is 0.170 e. The smallest absolute Gasteiger partial charge is 0.170 e. The average molecular weight is 347 g/mol. The number of hydrogen-bond donors (Lipinski definition) is 0.